The van der Waals surface area contributed by atoms with Gasteiger partial charge in [0.15, 0.2) is 0 Å². The van der Waals surface area contributed by atoms with E-state index < -0.39 is 0 Å². The maximum atomic E-state index is 12.3. The van der Waals surface area contributed by atoms with E-state index in [1.54, 1.807) is 12.1 Å². The van der Waals surface area contributed by atoms with Crippen molar-refractivity contribution < 1.29 is 4.79 Å². The van der Waals surface area contributed by atoms with Crippen LogP contribution in [0.4, 0.5) is 5.69 Å². The molecule has 1 aliphatic carbocycles. The van der Waals surface area contributed by atoms with Crippen LogP contribution in [0.3, 0.4) is 0 Å². The van der Waals surface area contributed by atoms with Crippen molar-refractivity contribution in [3.8, 4) is 0 Å². The number of para-hydroxylation sites is 1. The number of anilines is 1. The zero-order chi connectivity index (χ0) is 18.6. The quantitative estimate of drug-likeness (QED) is 0.588. The summed E-state index contributed by atoms with van der Waals surface area (Å²) in [7, 11) is 0. The molecular formula is C23H23ClN2O. The summed E-state index contributed by atoms with van der Waals surface area (Å²) in [6.07, 6.45) is 6.96. The number of amides is 1. The normalized spacial score (nSPS) is 19.7. The molecule has 1 aromatic heterocycles. The molecule has 27 heavy (non-hydrogen) atoms. The molecule has 1 heterocycles. The molecular weight excluding hydrogens is 356 g/mol. The Labute approximate surface area is 164 Å². The number of pyridine rings is 1. The van der Waals surface area contributed by atoms with Gasteiger partial charge in [0, 0.05) is 28.7 Å². The van der Waals surface area contributed by atoms with Crippen LogP contribution < -0.4 is 5.32 Å². The van der Waals surface area contributed by atoms with E-state index in [2.05, 4.69) is 34.6 Å². The summed E-state index contributed by atoms with van der Waals surface area (Å²) in [5.74, 6) is 1.12. The molecule has 0 bridgehead atoms. The van der Waals surface area contributed by atoms with E-state index in [-0.39, 0.29) is 5.91 Å². The van der Waals surface area contributed by atoms with Crippen LogP contribution in [0.5, 0.6) is 0 Å². The Bertz CT molecular complexity index is 925. The van der Waals surface area contributed by atoms with Gasteiger partial charge in [-0.3, -0.25) is 9.78 Å². The number of carbonyl (C=O) groups is 1. The predicted octanol–water partition coefficient (Wildman–Crippen LogP) is 6.19. The zero-order valence-corrected chi connectivity index (χ0v) is 16.0. The maximum Gasteiger partial charge on any atom is 0.224 e. The zero-order valence-electron chi connectivity index (χ0n) is 15.2. The predicted molar refractivity (Wildman–Crippen MR) is 111 cm³/mol. The highest BCUT2D eigenvalue weighted by Crippen LogP contribution is 2.39. The molecule has 2 aromatic carbocycles. The van der Waals surface area contributed by atoms with E-state index in [0.717, 1.165) is 36.9 Å². The van der Waals surface area contributed by atoms with E-state index >= 15 is 0 Å². The number of nitrogens with one attached hydrogen (secondary N) is 1. The molecule has 1 amide bonds. The first-order valence-corrected chi connectivity index (χ1v) is 9.96. The SMILES string of the molecule is O=C(C[C@H]1CC[C@@H](c2ccnc3ccccc32)CC1)Nc1ccc(Cl)cc1. The number of halogens is 1. The molecule has 0 spiro atoms. The Morgan fingerprint density at radius 3 is 2.52 bits per heavy atom. The number of nitrogens with zero attached hydrogens (tertiary/aromatic N) is 1. The standard InChI is InChI=1S/C23H23ClN2O/c24-18-9-11-19(12-10-18)26-23(27)15-16-5-7-17(8-6-16)20-13-14-25-22-4-2-1-3-21(20)22/h1-4,9-14,16-17H,5-8,15H2,(H,26,27)/t16-,17+. The molecule has 0 radical (unpaired) electrons. The Kier molecular flexibility index (Phi) is 5.40. The van der Waals surface area contributed by atoms with Gasteiger partial charge in [-0.05, 0) is 79.5 Å². The van der Waals surface area contributed by atoms with Crippen molar-refractivity contribution in [2.45, 2.75) is 38.0 Å². The lowest BCUT2D eigenvalue weighted by Gasteiger charge is -2.29. The largest absolute Gasteiger partial charge is 0.326 e. The molecule has 0 aliphatic heterocycles. The Balaban J connectivity index is 1.34. The molecule has 138 valence electrons. The van der Waals surface area contributed by atoms with E-state index in [1.807, 2.05) is 24.4 Å². The summed E-state index contributed by atoms with van der Waals surface area (Å²) in [4.78, 5) is 16.8. The van der Waals surface area contributed by atoms with Crippen LogP contribution in [0.15, 0.2) is 60.8 Å². The monoisotopic (exact) mass is 378 g/mol. The number of rotatable bonds is 4. The molecule has 1 N–H and O–H groups in total. The van der Waals surface area contributed by atoms with Gasteiger partial charge < -0.3 is 5.32 Å². The van der Waals surface area contributed by atoms with Gasteiger partial charge in [-0.2, -0.15) is 0 Å². The van der Waals surface area contributed by atoms with Crippen molar-refractivity contribution in [1.82, 2.24) is 4.98 Å². The lowest BCUT2D eigenvalue weighted by Crippen LogP contribution is -2.20. The molecule has 0 atom stereocenters. The highest BCUT2D eigenvalue weighted by Gasteiger charge is 2.25. The fourth-order valence-corrected chi connectivity index (χ4v) is 4.28. The first kappa shape index (κ1) is 18.0. The number of benzene rings is 2. The van der Waals surface area contributed by atoms with E-state index in [4.69, 9.17) is 11.6 Å². The molecule has 3 aromatic rings. The van der Waals surface area contributed by atoms with Gasteiger partial charge in [-0.1, -0.05) is 29.8 Å². The van der Waals surface area contributed by atoms with Gasteiger partial charge in [0.1, 0.15) is 0 Å². The van der Waals surface area contributed by atoms with Crippen molar-refractivity contribution in [2.24, 2.45) is 5.92 Å². The van der Waals surface area contributed by atoms with Gasteiger partial charge in [0.05, 0.1) is 5.52 Å². The lowest BCUT2D eigenvalue weighted by atomic mass is 9.77. The second-order valence-corrected chi connectivity index (χ2v) is 7.83. The third kappa shape index (κ3) is 4.30. The summed E-state index contributed by atoms with van der Waals surface area (Å²) in [5.41, 5.74) is 3.28. The van der Waals surface area contributed by atoms with Crippen LogP contribution in [-0.2, 0) is 4.79 Å². The first-order valence-electron chi connectivity index (χ1n) is 9.58. The highest BCUT2D eigenvalue weighted by molar-refractivity contribution is 6.30. The van der Waals surface area contributed by atoms with Gasteiger partial charge in [0.2, 0.25) is 5.91 Å². The van der Waals surface area contributed by atoms with Crippen LogP contribution >= 0.6 is 11.6 Å². The van der Waals surface area contributed by atoms with Crippen molar-refractivity contribution in [3.05, 3.63) is 71.4 Å². The van der Waals surface area contributed by atoms with Crippen molar-refractivity contribution >= 4 is 34.1 Å². The average Bonchev–Trinajstić information content (AvgIpc) is 2.70. The van der Waals surface area contributed by atoms with Gasteiger partial charge in [-0.15, -0.1) is 0 Å². The molecule has 1 aliphatic rings. The number of aromatic nitrogens is 1. The third-order valence-electron chi connectivity index (χ3n) is 5.57. The molecule has 4 rings (SSSR count). The van der Waals surface area contributed by atoms with E-state index in [1.165, 1.54) is 10.9 Å². The Morgan fingerprint density at radius 2 is 1.74 bits per heavy atom. The summed E-state index contributed by atoms with van der Waals surface area (Å²) in [6, 6.07) is 17.8. The summed E-state index contributed by atoms with van der Waals surface area (Å²) < 4.78 is 0. The van der Waals surface area contributed by atoms with Gasteiger partial charge in [0.25, 0.3) is 0 Å². The fraction of sp³-hybridized carbons (Fsp3) is 0.304. The third-order valence-corrected chi connectivity index (χ3v) is 5.82. The molecule has 1 saturated carbocycles. The van der Waals surface area contributed by atoms with Crippen LogP contribution in [0.1, 0.15) is 43.6 Å². The number of fused-ring (bicyclic) bond motifs is 1. The molecule has 0 saturated heterocycles. The first-order chi connectivity index (χ1) is 13.2. The number of hydrogen-bond donors (Lipinski definition) is 1. The fourth-order valence-electron chi connectivity index (χ4n) is 4.16. The highest BCUT2D eigenvalue weighted by atomic mass is 35.5. The van der Waals surface area contributed by atoms with Crippen LogP contribution in [0, 0.1) is 5.92 Å². The minimum absolute atomic E-state index is 0.0927. The van der Waals surface area contributed by atoms with Crippen molar-refractivity contribution in [2.75, 3.05) is 5.32 Å². The number of carbonyl (C=O) groups excluding carboxylic acids is 1. The molecule has 3 nitrogen and oxygen atoms in total. The maximum absolute atomic E-state index is 12.3. The topological polar surface area (TPSA) is 42.0 Å². The van der Waals surface area contributed by atoms with Crippen LogP contribution in [0.25, 0.3) is 10.9 Å². The molecule has 0 unspecified atom stereocenters. The Morgan fingerprint density at radius 1 is 1.00 bits per heavy atom. The molecule has 1 fully saturated rings. The second-order valence-electron chi connectivity index (χ2n) is 7.39. The smallest absolute Gasteiger partial charge is 0.224 e. The van der Waals surface area contributed by atoms with Crippen LogP contribution in [0.2, 0.25) is 5.02 Å². The van der Waals surface area contributed by atoms with Crippen LogP contribution in [-0.4, -0.2) is 10.9 Å². The van der Waals surface area contributed by atoms with Gasteiger partial charge >= 0.3 is 0 Å². The lowest BCUT2D eigenvalue weighted by molar-refractivity contribution is -0.117. The van der Waals surface area contributed by atoms with Crippen molar-refractivity contribution in [3.63, 3.8) is 0 Å². The van der Waals surface area contributed by atoms with E-state index in [9.17, 15) is 4.79 Å². The summed E-state index contributed by atoms with van der Waals surface area (Å²) in [5, 5.41) is 4.92. The summed E-state index contributed by atoms with van der Waals surface area (Å²) >= 11 is 5.89. The number of hydrogen-bond acceptors (Lipinski definition) is 2. The second kappa shape index (κ2) is 8.10. The summed E-state index contributed by atoms with van der Waals surface area (Å²) in [6.45, 7) is 0. The Hall–Kier alpha value is -2.39. The molecule has 4 heteroatoms. The van der Waals surface area contributed by atoms with Gasteiger partial charge in [-0.25, -0.2) is 0 Å². The van der Waals surface area contributed by atoms with Crippen molar-refractivity contribution in [1.29, 1.82) is 0 Å². The minimum atomic E-state index is 0.0927. The minimum Gasteiger partial charge on any atom is -0.326 e. The van der Waals surface area contributed by atoms with E-state index in [0.29, 0.717) is 23.3 Å². The average molecular weight is 379 g/mol.